The third kappa shape index (κ3) is 5.69. The van der Waals surface area contributed by atoms with Crippen LogP contribution in [0.1, 0.15) is 74.9 Å². The van der Waals surface area contributed by atoms with Crippen LogP contribution in [0.2, 0.25) is 0 Å². The van der Waals surface area contributed by atoms with Gasteiger partial charge in [0.2, 0.25) is 0 Å². The lowest BCUT2D eigenvalue weighted by atomic mass is 9.81. The van der Waals surface area contributed by atoms with Crippen LogP contribution in [0.15, 0.2) is 158 Å². The topological polar surface area (TPSA) is 6.48 Å². The van der Waals surface area contributed by atoms with Gasteiger partial charge >= 0.3 is 0 Å². The van der Waals surface area contributed by atoms with E-state index in [0.29, 0.717) is 0 Å². The van der Waals surface area contributed by atoms with Crippen molar-refractivity contribution in [1.82, 2.24) is 0 Å². The van der Waals surface area contributed by atoms with Crippen LogP contribution in [0.4, 0.5) is 22.7 Å². The van der Waals surface area contributed by atoms with E-state index < -0.39 is 0 Å². The molecule has 0 unspecified atom stereocenters. The van der Waals surface area contributed by atoms with Crippen LogP contribution in [-0.4, -0.2) is 11.1 Å². The molecule has 10 rings (SSSR count). The van der Waals surface area contributed by atoms with E-state index in [9.17, 15) is 0 Å². The average molecular weight is 737 g/mol. The summed E-state index contributed by atoms with van der Waals surface area (Å²) in [5, 5.41) is 2.52. The third-order valence-electron chi connectivity index (χ3n) is 12.6. The van der Waals surface area contributed by atoms with Crippen LogP contribution in [-0.2, 0) is 5.41 Å². The number of hydrogen-bond donors (Lipinski definition) is 0. The molecule has 2 aliphatic heterocycles. The van der Waals surface area contributed by atoms with E-state index in [1.807, 2.05) is 0 Å². The van der Waals surface area contributed by atoms with Gasteiger partial charge in [-0.1, -0.05) is 166 Å². The molecule has 2 heteroatoms. The lowest BCUT2D eigenvalue weighted by Crippen LogP contribution is -2.40. The first-order valence-electron chi connectivity index (χ1n) is 20.3. The van der Waals surface area contributed by atoms with Crippen LogP contribution in [0.25, 0.3) is 57.3 Å². The summed E-state index contributed by atoms with van der Waals surface area (Å²) < 4.78 is 0. The number of para-hydroxylation sites is 2. The van der Waals surface area contributed by atoms with Gasteiger partial charge in [-0.15, -0.1) is 0 Å². The number of hydrogen-bond acceptors (Lipinski definition) is 2. The van der Waals surface area contributed by atoms with Gasteiger partial charge in [-0.05, 0) is 119 Å². The van der Waals surface area contributed by atoms with Crippen LogP contribution < -0.4 is 9.80 Å². The van der Waals surface area contributed by atoms with Gasteiger partial charge in [-0.25, -0.2) is 0 Å². The molecule has 3 aliphatic rings. The second-order valence-electron chi connectivity index (χ2n) is 17.6. The molecule has 2 nitrogen and oxygen atoms in total. The Labute approximate surface area is 337 Å². The summed E-state index contributed by atoms with van der Waals surface area (Å²) in [4.78, 5) is 4.98. The van der Waals surface area contributed by atoms with E-state index in [-0.39, 0.29) is 16.5 Å². The van der Waals surface area contributed by atoms with Crippen LogP contribution in [0.3, 0.4) is 0 Å². The minimum atomic E-state index is -0.162. The summed E-state index contributed by atoms with van der Waals surface area (Å²) in [5.41, 5.74) is 17.4. The van der Waals surface area contributed by atoms with Crippen molar-refractivity contribution in [2.24, 2.45) is 0 Å². The minimum absolute atomic E-state index is 0.121. The maximum atomic E-state index is 2.49. The van der Waals surface area contributed by atoms with Gasteiger partial charge in [0.15, 0.2) is 0 Å². The molecule has 278 valence electrons. The predicted molar refractivity (Wildman–Crippen MR) is 246 cm³/mol. The summed E-state index contributed by atoms with van der Waals surface area (Å²) in [6.07, 6.45) is 13.7. The molecular formula is C55H48N2. The van der Waals surface area contributed by atoms with Gasteiger partial charge in [0.05, 0.1) is 11.1 Å². The second-order valence-corrected chi connectivity index (χ2v) is 17.6. The molecule has 0 fully saturated rings. The number of nitrogens with zero attached hydrogens (tertiary/aromatic N) is 2. The first-order valence-corrected chi connectivity index (χ1v) is 20.3. The van der Waals surface area contributed by atoms with Gasteiger partial charge in [-0.3, -0.25) is 0 Å². The summed E-state index contributed by atoms with van der Waals surface area (Å²) in [5.74, 6) is 0. The van der Waals surface area contributed by atoms with Crippen LogP contribution >= 0.6 is 0 Å². The van der Waals surface area contributed by atoms with Crippen molar-refractivity contribution in [3.05, 3.63) is 191 Å². The van der Waals surface area contributed by atoms with Gasteiger partial charge < -0.3 is 9.80 Å². The van der Waals surface area contributed by atoms with Crippen molar-refractivity contribution in [2.45, 2.75) is 58.0 Å². The number of anilines is 4. The summed E-state index contributed by atoms with van der Waals surface area (Å²) >= 11 is 0. The van der Waals surface area contributed by atoms with Gasteiger partial charge in [-0.2, -0.15) is 0 Å². The van der Waals surface area contributed by atoms with E-state index in [0.717, 1.165) is 0 Å². The molecule has 0 N–H and O–H groups in total. The zero-order valence-corrected chi connectivity index (χ0v) is 33.7. The molecular weight excluding hydrogens is 689 g/mol. The van der Waals surface area contributed by atoms with Crippen molar-refractivity contribution in [1.29, 1.82) is 0 Å². The largest absolute Gasteiger partial charge is 0.332 e. The van der Waals surface area contributed by atoms with Crippen molar-refractivity contribution in [3.8, 4) is 22.3 Å². The fraction of sp³-hybridized carbons (Fsp3) is 0.164. The highest BCUT2D eigenvalue weighted by Crippen LogP contribution is 2.52. The standard InChI is InChI=1S/C55H48N2/c1-53(2)33-31-40-13-7-11-17-50(40)56(53)42-26-28-46-45-27-23-38(35-48(45)55(5,6)49(46)36-42)20-19-37-21-24-39(25-22-37)43-29-30-52(47-16-10-9-15-44(43)47)57-51-18-12-8-14-41(51)32-34-54(57,3)4/h7-36H,1-6H3/b20-19+. The Morgan fingerprint density at radius 2 is 0.947 bits per heavy atom. The quantitative estimate of drug-likeness (QED) is 0.162. The molecule has 0 spiro atoms. The molecule has 0 amide bonds. The Morgan fingerprint density at radius 1 is 0.421 bits per heavy atom. The average Bonchev–Trinajstić information content (AvgIpc) is 3.44. The van der Waals surface area contributed by atoms with Crippen LogP contribution in [0.5, 0.6) is 0 Å². The monoisotopic (exact) mass is 736 g/mol. The zero-order chi connectivity index (χ0) is 39.1. The lowest BCUT2D eigenvalue weighted by Gasteiger charge is -2.42. The highest BCUT2D eigenvalue weighted by molar-refractivity contribution is 6.06. The first-order chi connectivity index (χ1) is 27.5. The third-order valence-corrected chi connectivity index (χ3v) is 12.6. The molecule has 0 aromatic heterocycles. The van der Waals surface area contributed by atoms with E-state index in [4.69, 9.17) is 0 Å². The highest BCUT2D eigenvalue weighted by Gasteiger charge is 2.38. The number of rotatable bonds is 5. The SMILES string of the molecule is CC1(C)c2cc(/C=C/c3ccc(-c4ccc(N5c6ccccc6C=CC5(C)C)c5ccccc45)cc3)ccc2-c2ccc(N3c4ccccc4C=CC3(C)C)cc21. The Bertz CT molecular complexity index is 2830. The Balaban J connectivity index is 0.925. The van der Waals surface area contributed by atoms with Gasteiger partial charge in [0.25, 0.3) is 0 Å². The van der Waals surface area contributed by atoms with E-state index in [2.05, 4.69) is 233 Å². The van der Waals surface area contributed by atoms with Gasteiger partial charge in [0.1, 0.15) is 0 Å². The zero-order valence-electron chi connectivity index (χ0n) is 33.7. The molecule has 0 bridgehead atoms. The Kier molecular flexibility index (Phi) is 7.89. The van der Waals surface area contributed by atoms with Gasteiger partial charge in [0, 0.05) is 33.6 Å². The molecule has 0 saturated carbocycles. The molecule has 0 atom stereocenters. The second kappa shape index (κ2) is 12.8. The Hall–Kier alpha value is -6.38. The van der Waals surface area contributed by atoms with Crippen LogP contribution in [0, 0.1) is 0 Å². The number of fused-ring (bicyclic) bond motifs is 6. The van der Waals surface area contributed by atoms with E-state index in [1.54, 1.807) is 0 Å². The molecule has 0 saturated heterocycles. The summed E-state index contributed by atoms with van der Waals surface area (Å²) in [6, 6.07) is 54.0. The molecule has 57 heavy (non-hydrogen) atoms. The maximum absolute atomic E-state index is 2.49. The lowest BCUT2D eigenvalue weighted by molar-refractivity contribution is 0.622. The molecule has 1 aliphatic carbocycles. The molecule has 7 aromatic carbocycles. The molecule has 7 aromatic rings. The first kappa shape index (κ1) is 35.1. The van der Waals surface area contributed by atoms with Crippen molar-refractivity contribution < 1.29 is 0 Å². The fourth-order valence-electron chi connectivity index (χ4n) is 9.62. The van der Waals surface area contributed by atoms with Crippen molar-refractivity contribution >= 4 is 57.8 Å². The summed E-state index contributed by atoms with van der Waals surface area (Å²) in [6.45, 7) is 13.9. The normalized spacial score (nSPS) is 16.7. The van der Waals surface area contributed by atoms with E-state index in [1.165, 1.54) is 89.2 Å². The van der Waals surface area contributed by atoms with E-state index >= 15 is 0 Å². The fourth-order valence-corrected chi connectivity index (χ4v) is 9.62. The van der Waals surface area contributed by atoms with Crippen molar-refractivity contribution in [2.75, 3.05) is 9.80 Å². The number of benzene rings is 7. The summed E-state index contributed by atoms with van der Waals surface area (Å²) in [7, 11) is 0. The van der Waals surface area contributed by atoms with Crippen molar-refractivity contribution in [3.63, 3.8) is 0 Å². The Morgan fingerprint density at radius 3 is 1.65 bits per heavy atom. The molecule has 2 heterocycles. The maximum Gasteiger partial charge on any atom is 0.0581 e. The highest BCUT2D eigenvalue weighted by atomic mass is 15.2. The predicted octanol–water partition coefficient (Wildman–Crippen LogP) is 14.9. The minimum Gasteiger partial charge on any atom is -0.332 e. The smallest absolute Gasteiger partial charge is 0.0581 e. The molecule has 0 radical (unpaired) electrons.